The topological polar surface area (TPSA) is 38.8 Å². The van der Waals surface area contributed by atoms with Crippen LogP contribution in [0.2, 0.25) is 0 Å². The average Bonchev–Trinajstić information content (AvgIpc) is 3.23. The Labute approximate surface area is 159 Å². The van der Waals surface area contributed by atoms with Crippen molar-refractivity contribution in [2.24, 2.45) is 0 Å². The van der Waals surface area contributed by atoms with Gasteiger partial charge in [0, 0.05) is 18.4 Å². The molecule has 1 fully saturated rings. The summed E-state index contributed by atoms with van der Waals surface area (Å²) in [5.74, 6) is -0.223. The van der Waals surface area contributed by atoms with Gasteiger partial charge in [-0.1, -0.05) is 60.7 Å². The Hall–Kier alpha value is -2.43. The molecule has 2 aromatic carbocycles. The first-order valence-corrected chi connectivity index (χ1v) is 9.69. The molecule has 0 N–H and O–H groups in total. The summed E-state index contributed by atoms with van der Waals surface area (Å²) < 4.78 is 11.7. The van der Waals surface area contributed by atoms with Crippen molar-refractivity contribution in [3.63, 3.8) is 0 Å². The van der Waals surface area contributed by atoms with Crippen LogP contribution in [0.3, 0.4) is 0 Å². The van der Waals surface area contributed by atoms with Gasteiger partial charge in [-0.05, 0) is 23.6 Å². The van der Waals surface area contributed by atoms with Crippen LogP contribution in [-0.4, -0.2) is 29.8 Å². The van der Waals surface area contributed by atoms with Crippen molar-refractivity contribution in [1.29, 1.82) is 0 Å². The van der Waals surface area contributed by atoms with Gasteiger partial charge in [-0.2, -0.15) is 0 Å². The zero-order valence-electron chi connectivity index (χ0n) is 15.4. The number of esters is 1. The van der Waals surface area contributed by atoms with Crippen LogP contribution in [0, 0.1) is 0 Å². The van der Waals surface area contributed by atoms with Gasteiger partial charge in [0.2, 0.25) is 0 Å². The summed E-state index contributed by atoms with van der Waals surface area (Å²) in [5, 5.41) is 0. The van der Waals surface area contributed by atoms with E-state index in [4.69, 9.17) is 9.47 Å². The zero-order chi connectivity index (χ0) is 18.4. The van der Waals surface area contributed by atoms with Gasteiger partial charge in [0.1, 0.15) is 6.23 Å². The minimum absolute atomic E-state index is 0.00510. The molecular formula is C23H23NO3. The van der Waals surface area contributed by atoms with Crippen LogP contribution in [0.5, 0.6) is 0 Å². The average molecular weight is 361 g/mol. The molecule has 0 spiro atoms. The number of hydrogen-bond donors (Lipinski definition) is 0. The summed E-state index contributed by atoms with van der Waals surface area (Å²) in [4.78, 5) is 14.9. The van der Waals surface area contributed by atoms with E-state index >= 15 is 0 Å². The maximum absolute atomic E-state index is 12.4. The van der Waals surface area contributed by atoms with Gasteiger partial charge in [0.25, 0.3) is 0 Å². The number of benzene rings is 2. The summed E-state index contributed by atoms with van der Waals surface area (Å²) in [6, 6.07) is 19.2. The molecule has 3 aliphatic rings. The first-order valence-electron chi connectivity index (χ1n) is 9.69. The molecule has 0 unspecified atom stereocenters. The van der Waals surface area contributed by atoms with Gasteiger partial charge >= 0.3 is 5.97 Å². The molecule has 0 amide bonds. The third kappa shape index (κ3) is 2.71. The molecule has 138 valence electrons. The molecule has 4 heteroatoms. The Bertz CT molecular complexity index is 892. The highest BCUT2D eigenvalue weighted by Gasteiger charge is 2.51. The van der Waals surface area contributed by atoms with E-state index in [-0.39, 0.29) is 30.4 Å². The Morgan fingerprint density at radius 3 is 2.70 bits per heavy atom. The van der Waals surface area contributed by atoms with Crippen LogP contribution in [0.4, 0.5) is 0 Å². The van der Waals surface area contributed by atoms with Crippen LogP contribution < -0.4 is 0 Å². The Balaban J connectivity index is 1.58. The van der Waals surface area contributed by atoms with Crippen molar-refractivity contribution >= 4 is 5.97 Å². The molecule has 0 saturated carbocycles. The number of hydrogen-bond acceptors (Lipinski definition) is 4. The van der Waals surface area contributed by atoms with Gasteiger partial charge in [0.15, 0.2) is 0 Å². The van der Waals surface area contributed by atoms with Crippen LogP contribution in [0.15, 0.2) is 66.2 Å². The van der Waals surface area contributed by atoms with Gasteiger partial charge in [-0.15, -0.1) is 0 Å². The number of ether oxygens (including phenoxy) is 2. The second kappa shape index (κ2) is 6.63. The van der Waals surface area contributed by atoms with Crippen molar-refractivity contribution in [3.05, 3.63) is 82.9 Å². The van der Waals surface area contributed by atoms with Crippen LogP contribution in [0.1, 0.15) is 42.1 Å². The molecule has 2 heterocycles. The van der Waals surface area contributed by atoms with Crippen LogP contribution >= 0.6 is 0 Å². The van der Waals surface area contributed by atoms with Crippen molar-refractivity contribution < 1.29 is 14.3 Å². The molecule has 0 bridgehead atoms. The maximum atomic E-state index is 12.4. The predicted molar refractivity (Wildman–Crippen MR) is 102 cm³/mol. The largest absolute Gasteiger partial charge is 0.463 e. The molecular weight excluding hydrogens is 338 g/mol. The van der Waals surface area contributed by atoms with E-state index in [0.717, 1.165) is 12.0 Å². The van der Waals surface area contributed by atoms with E-state index in [1.54, 1.807) is 0 Å². The summed E-state index contributed by atoms with van der Waals surface area (Å²) in [7, 11) is 0. The second-order valence-electron chi connectivity index (χ2n) is 7.40. The SMILES string of the molecule is CCOC(=O)C1=C[C@@H](c2ccccc2)N2[C@@H](C1)O[C@@H]1Cc3ccccc3[C@@H]12. The molecule has 1 saturated heterocycles. The fourth-order valence-corrected chi connectivity index (χ4v) is 4.80. The lowest BCUT2D eigenvalue weighted by molar-refractivity contribution is -0.139. The molecule has 0 aromatic heterocycles. The molecule has 4 nitrogen and oxygen atoms in total. The van der Waals surface area contributed by atoms with Gasteiger partial charge in [0.05, 0.1) is 24.8 Å². The minimum Gasteiger partial charge on any atom is -0.463 e. The van der Waals surface area contributed by atoms with E-state index in [0.29, 0.717) is 13.0 Å². The second-order valence-corrected chi connectivity index (χ2v) is 7.40. The standard InChI is InChI=1S/C23H23NO3/c1-2-26-23(25)17-12-19(15-8-4-3-5-9-15)24-21(14-17)27-20-13-16-10-6-7-11-18(16)22(20)24/h3-12,19-22H,2,13-14H2,1H3/t19-,20+,21+,22-/m0/s1. The molecule has 0 radical (unpaired) electrons. The highest BCUT2D eigenvalue weighted by atomic mass is 16.5. The van der Waals surface area contributed by atoms with Crippen molar-refractivity contribution in [3.8, 4) is 0 Å². The number of fused-ring (bicyclic) bond motifs is 5. The normalized spacial score (nSPS) is 28.9. The van der Waals surface area contributed by atoms with E-state index in [1.807, 2.05) is 25.1 Å². The van der Waals surface area contributed by atoms with Crippen molar-refractivity contribution in [2.75, 3.05) is 6.61 Å². The fraction of sp³-hybridized carbons (Fsp3) is 0.348. The first-order chi connectivity index (χ1) is 13.3. The van der Waals surface area contributed by atoms with Crippen LogP contribution in [0.25, 0.3) is 0 Å². The summed E-state index contributed by atoms with van der Waals surface area (Å²) in [6.07, 6.45) is 3.65. The first kappa shape index (κ1) is 16.7. The lowest BCUT2D eigenvalue weighted by atomic mass is 9.93. The maximum Gasteiger partial charge on any atom is 0.333 e. The Morgan fingerprint density at radius 2 is 1.89 bits per heavy atom. The molecule has 27 heavy (non-hydrogen) atoms. The minimum atomic E-state index is -0.223. The summed E-state index contributed by atoms with van der Waals surface area (Å²) in [5.41, 5.74) is 4.63. The summed E-state index contributed by atoms with van der Waals surface area (Å²) in [6.45, 7) is 2.23. The molecule has 2 aromatic rings. The highest BCUT2D eigenvalue weighted by Crippen LogP contribution is 2.51. The van der Waals surface area contributed by atoms with E-state index in [1.165, 1.54) is 16.7 Å². The van der Waals surface area contributed by atoms with Gasteiger partial charge in [-0.25, -0.2) is 4.79 Å². The number of rotatable bonds is 3. The van der Waals surface area contributed by atoms with Gasteiger partial charge < -0.3 is 9.47 Å². The molecule has 2 aliphatic heterocycles. The monoisotopic (exact) mass is 361 g/mol. The van der Waals surface area contributed by atoms with Gasteiger partial charge in [-0.3, -0.25) is 4.90 Å². The third-order valence-corrected chi connectivity index (χ3v) is 5.89. The number of carbonyl (C=O) groups excluding carboxylic acids is 1. The number of carbonyl (C=O) groups is 1. The van der Waals surface area contributed by atoms with E-state index < -0.39 is 0 Å². The van der Waals surface area contributed by atoms with E-state index in [2.05, 4.69) is 47.4 Å². The quantitative estimate of drug-likeness (QED) is 0.776. The van der Waals surface area contributed by atoms with Crippen molar-refractivity contribution in [1.82, 2.24) is 4.90 Å². The molecule has 1 aliphatic carbocycles. The lowest BCUT2D eigenvalue weighted by Crippen LogP contribution is -2.39. The smallest absolute Gasteiger partial charge is 0.333 e. The third-order valence-electron chi connectivity index (χ3n) is 5.89. The van der Waals surface area contributed by atoms with E-state index in [9.17, 15) is 4.79 Å². The zero-order valence-corrected chi connectivity index (χ0v) is 15.4. The number of nitrogens with zero attached hydrogens (tertiary/aromatic N) is 1. The fourth-order valence-electron chi connectivity index (χ4n) is 4.80. The Kier molecular flexibility index (Phi) is 4.10. The molecule has 5 rings (SSSR count). The Morgan fingerprint density at radius 1 is 1.11 bits per heavy atom. The predicted octanol–water partition coefficient (Wildman–Crippen LogP) is 3.95. The summed E-state index contributed by atoms with van der Waals surface area (Å²) >= 11 is 0. The molecule has 4 atom stereocenters. The highest BCUT2D eigenvalue weighted by molar-refractivity contribution is 5.89. The lowest BCUT2D eigenvalue weighted by Gasteiger charge is -2.38. The van der Waals surface area contributed by atoms with Crippen molar-refractivity contribution in [2.45, 2.75) is 44.2 Å². The van der Waals surface area contributed by atoms with Crippen LogP contribution in [-0.2, 0) is 20.7 Å².